The number of carbonyl (C=O) groups excluding carboxylic acids is 3. The summed E-state index contributed by atoms with van der Waals surface area (Å²) < 4.78 is 10.5. The summed E-state index contributed by atoms with van der Waals surface area (Å²) >= 11 is 6.23. The molecule has 1 N–H and O–H groups in total. The predicted molar refractivity (Wildman–Crippen MR) is 97.8 cm³/mol. The molecule has 2 heterocycles. The SMILES string of the molecule is Cc1ccccc1N1C(=O)NC(=O)C(=Cc2cc3c(cc2Cl)OCO3)C1=O. The summed E-state index contributed by atoms with van der Waals surface area (Å²) in [6.07, 6.45) is 1.33. The molecule has 0 atom stereocenters. The lowest BCUT2D eigenvalue weighted by Gasteiger charge is -2.27. The zero-order valence-corrected chi connectivity index (χ0v) is 14.9. The minimum atomic E-state index is -0.798. The van der Waals surface area contributed by atoms with E-state index in [4.69, 9.17) is 21.1 Å². The maximum absolute atomic E-state index is 12.9. The van der Waals surface area contributed by atoms with Crippen LogP contribution in [0.4, 0.5) is 10.5 Å². The van der Waals surface area contributed by atoms with E-state index in [-0.39, 0.29) is 17.4 Å². The van der Waals surface area contributed by atoms with Gasteiger partial charge in [-0.05, 0) is 36.3 Å². The molecule has 0 radical (unpaired) electrons. The molecule has 7 nitrogen and oxygen atoms in total. The summed E-state index contributed by atoms with van der Waals surface area (Å²) in [4.78, 5) is 38.4. The summed E-state index contributed by atoms with van der Waals surface area (Å²) in [5.41, 5.74) is 1.31. The second-order valence-corrected chi connectivity index (χ2v) is 6.38. The first-order valence-corrected chi connectivity index (χ1v) is 8.40. The van der Waals surface area contributed by atoms with E-state index in [1.54, 1.807) is 43.3 Å². The molecule has 2 aromatic rings. The van der Waals surface area contributed by atoms with Crippen LogP contribution in [-0.4, -0.2) is 24.6 Å². The number of rotatable bonds is 2. The van der Waals surface area contributed by atoms with Crippen molar-refractivity contribution in [2.45, 2.75) is 6.92 Å². The molecular formula is C19H13ClN2O5. The van der Waals surface area contributed by atoms with Gasteiger partial charge in [-0.3, -0.25) is 14.9 Å². The lowest BCUT2D eigenvalue weighted by atomic mass is 10.1. The molecule has 2 aliphatic heterocycles. The first kappa shape index (κ1) is 17.1. The van der Waals surface area contributed by atoms with Gasteiger partial charge in [-0.25, -0.2) is 9.69 Å². The van der Waals surface area contributed by atoms with E-state index >= 15 is 0 Å². The molecular weight excluding hydrogens is 372 g/mol. The van der Waals surface area contributed by atoms with Gasteiger partial charge in [0.15, 0.2) is 11.5 Å². The number of ether oxygens (including phenoxy) is 2. The van der Waals surface area contributed by atoms with Crippen LogP contribution in [0.25, 0.3) is 6.08 Å². The number of fused-ring (bicyclic) bond motifs is 1. The Morgan fingerprint density at radius 1 is 1.11 bits per heavy atom. The van der Waals surface area contributed by atoms with E-state index in [1.807, 2.05) is 0 Å². The first-order chi connectivity index (χ1) is 13.0. The fourth-order valence-electron chi connectivity index (χ4n) is 2.89. The third-order valence-corrected chi connectivity index (χ3v) is 4.58. The zero-order valence-electron chi connectivity index (χ0n) is 14.1. The van der Waals surface area contributed by atoms with Crippen LogP contribution in [0.2, 0.25) is 5.02 Å². The van der Waals surface area contributed by atoms with E-state index < -0.39 is 17.8 Å². The van der Waals surface area contributed by atoms with Crippen molar-refractivity contribution in [1.82, 2.24) is 5.32 Å². The molecule has 0 saturated carbocycles. The van der Waals surface area contributed by atoms with Crippen LogP contribution in [0.5, 0.6) is 11.5 Å². The second kappa shape index (κ2) is 6.44. The molecule has 2 aromatic carbocycles. The number of nitrogens with one attached hydrogen (secondary N) is 1. The fraction of sp³-hybridized carbons (Fsp3) is 0.105. The van der Waals surface area contributed by atoms with Crippen LogP contribution in [-0.2, 0) is 9.59 Å². The topological polar surface area (TPSA) is 84.9 Å². The molecule has 0 aromatic heterocycles. The van der Waals surface area contributed by atoms with Gasteiger partial charge in [0, 0.05) is 6.07 Å². The van der Waals surface area contributed by atoms with Crippen molar-refractivity contribution in [3.8, 4) is 11.5 Å². The molecule has 0 aliphatic carbocycles. The van der Waals surface area contributed by atoms with Crippen LogP contribution in [0.1, 0.15) is 11.1 Å². The monoisotopic (exact) mass is 384 g/mol. The number of amides is 4. The Hall–Kier alpha value is -3.32. The summed E-state index contributed by atoms with van der Waals surface area (Å²) in [6, 6.07) is 9.22. The van der Waals surface area contributed by atoms with E-state index in [1.165, 1.54) is 6.08 Å². The molecule has 4 rings (SSSR count). The normalized spacial score (nSPS) is 17.5. The van der Waals surface area contributed by atoms with Gasteiger partial charge in [0.1, 0.15) is 5.57 Å². The molecule has 0 spiro atoms. The van der Waals surface area contributed by atoms with Gasteiger partial charge >= 0.3 is 6.03 Å². The van der Waals surface area contributed by atoms with Crippen LogP contribution < -0.4 is 19.7 Å². The number of anilines is 1. The third kappa shape index (κ3) is 2.92. The highest BCUT2D eigenvalue weighted by Crippen LogP contribution is 2.38. The molecule has 4 amide bonds. The van der Waals surface area contributed by atoms with Crippen molar-refractivity contribution in [2.24, 2.45) is 0 Å². The minimum absolute atomic E-state index is 0.0701. The quantitative estimate of drug-likeness (QED) is 0.635. The summed E-state index contributed by atoms with van der Waals surface area (Å²) in [6.45, 7) is 1.84. The standard InChI is InChI=1S/C19H13ClN2O5/c1-10-4-2-3-5-14(10)22-18(24)12(17(23)21-19(22)25)6-11-7-15-16(8-13(11)20)27-9-26-15/h2-8H,9H2,1H3,(H,21,23,25). The van der Waals surface area contributed by atoms with Crippen LogP contribution in [0.3, 0.4) is 0 Å². The Morgan fingerprint density at radius 2 is 1.81 bits per heavy atom. The largest absolute Gasteiger partial charge is 0.454 e. The molecule has 8 heteroatoms. The minimum Gasteiger partial charge on any atom is -0.454 e. The van der Waals surface area contributed by atoms with Crippen molar-refractivity contribution >= 4 is 41.2 Å². The molecule has 1 fully saturated rings. The number of carbonyl (C=O) groups is 3. The highest BCUT2D eigenvalue weighted by molar-refractivity contribution is 6.40. The predicted octanol–water partition coefficient (Wildman–Crippen LogP) is 3.04. The Morgan fingerprint density at radius 3 is 2.56 bits per heavy atom. The van der Waals surface area contributed by atoms with Crippen molar-refractivity contribution in [3.63, 3.8) is 0 Å². The Kier molecular flexibility index (Phi) is 4.08. The highest BCUT2D eigenvalue weighted by atomic mass is 35.5. The van der Waals surface area contributed by atoms with Gasteiger partial charge in [0.2, 0.25) is 6.79 Å². The summed E-state index contributed by atoms with van der Waals surface area (Å²) in [5.74, 6) is -0.574. The molecule has 27 heavy (non-hydrogen) atoms. The summed E-state index contributed by atoms with van der Waals surface area (Å²) in [5, 5.41) is 2.47. The van der Waals surface area contributed by atoms with Crippen molar-refractivity contribution in [1.29, 1.82) is 0 Å². The number of halogens is 1. The lowest BCUT2D eigenvalue weighted by molar-refractivity contribution is -0.122. The van der Waals surface area contributed by atoms with E-state index in [0.29, 0.717) is 22.7 Å². The highest BCUT2D eigenvalue weighted by Gasteiger charge is 2.37. The molecule has 0 unspecified atom stereocenters. The first-order valence-electron chi connectivity index (χ1n) is 8.02. The van der Waals surface area contributed by atoms with Gasteiger partial charge < -0.3 is 9.47 Å². The maximum atomic E-state index is 12.9. The lowest BCUT2D eigenvalue weighted by Crippen LogP contribution is -2.54. The van der Waals surface area contributed by atoms with Gasteiger partial charge in [-0.2, -0.15) is 0 Å². The second-order valence-electron chi connectivity index (χ2n) is 5.97. The molecule has 136 valence electrons. The zero-order chi connectivity index (χ0) is 19.1. The molecule has 1 saturated heterocycles. The van der Waals surface area contributed by atoms with Gasteiger partial charge in [-0.15, -0.1) is 0 Å². The van der Waals surface area contributed by atoms with Crippen molar-refractivity contribution < 1.29 is 23.9 Å². The van der Waals surface area contributed by atoms with Gasteiger partial charge in [0.25, 0.3) is 11.8 Å². The Balaban J connectivity index is 1.77. The number of benzene rings is 2. The maximum Gasteiger partial charge on any atom is 0.335 e. The number of para-hydroxylation sites is 1. The van der Waals surface area contributed by atoms with E-state index in [2.05, 4.69) is 5.32 Å². The number of hydrogen-bond acceptors (Lipinski definition) is 5. The number of imide groups is 2. The van der Waals surface area contributed by atoms with E-state index in [0.717, 1.165) is 10.5 Å². The average Bonchev–Trinajstić information content (AvgIpc) is 3.07. The van der Waals surface area contributed by atoms with E-state index in [9.17, 15) is 14.4 Å². The number of hydrogen-bond donors (Lipinski definition) is 1. The summed E-state index contributed by atoms with van der Waals surface area (Å²) in [7, 11) is 0. The van der Waals surface area contributed by atoms with Crippen LogP contribution in [0.15, 0.2) is 42.0 Å². The van der Waals surface area contributed by atoms with Gasteiger partial charge in [-0.1, -0.05) is 29.8 Å². The number of nitrogens with zero attached hydrogens (tertiary/aromatic N) is 1. The van der Waals surface area contributed by atoms with Crippen LogP contribution in [0, 0.1) is 6.92 Å². The smallest absolute Gasteiger partial charge is 0.335 e. The van der Waals surface area contributed by atoms with Crippen LogP contribution >= 0.6 is 11.6 Å². The Bertz CT molecular complexity index is 1030. The van der Waals surface area contributed by atoms with Crippen molar-refractivity contribution in [2.75, 3.05) is 11.7 Å². The molecule has 0 bridgehead atoms. The average molecular weight is 385 g/mol. The third-order valence-electron chi connectivity index (χ3n) is 4.25. The fourth-order valence-corrected chi connectivity index (χ4v) is 3.10. The molecule has 2 aliphatic rings. The van der Waals surface area contributed by atoms with Crippen molar-refractivity contribution in [3.05, 3.63) is 58.1 Å². The van der Waals surface area contributed by atoms with Gasteiger partial charge in [0.05, 0.1) is 10.7 Å². The number of barbiturate groups is 1. The Labute approximate surface area is 159 Å². The number of urea groups is 1. The number of aryl methyl sites for hydroxylation is 1.